The van der Waals surface area contributed by atoms with E-state index in [1.807, 2.05) is 61.5 Å². The second kappa shape index (κ2) is 11.4. The van der Waals surface area contributed by atoms with Crippen LogP contribution in [0.4, 0.5) is 0 Å². The van der Waals surface area contributed by atoms with Crippen molar-refractivity contribution in [2.45, 2.75) is 115 Å². The minimum absolute atomic E-state index is 0.0212. The first-order chi connectivity index (χ1) is 19.3. The van der Waals surface area contributed by atoms with Gasteiger partial charge in [-0.3, -0.25) is 4.79 Å². The van der Waals surface area contributed by atoms with Gasteiger partial charge in [0, 0.05) is 0 Å². The monoisotopic (exact) mass is 614 g/mol. The predicted octanol–water partition coefficient (Wildman–Crippen LogP) is 6.99. The van der Waals surface area contributed by atoms with Crippen LogP contribution in [0.25, 0.3) is 0 Å². The maximum atomic E-state index is 14.8. The van der Waals surface area contributed by atoms with Gasteiger partial charge in [0.25, 0.3) is 5.88 Å². The fraction of sp³-hybridized carbons (Fsp3) is 0.625. The van der Waals surface area contributed by atoms with Crippen molar-refractivity contribution in [1.29, 1.82) is 0 Å². The third-order valence-corrected chi connectivity index (χ3v) is 18.3. The van der Waals surface area contributed by atoms with Gasteiger partial charge in [-0.05, 0) is 61.1 Å². The fourth-order valence-electron chi connectivity index (χ4n) is 4.67. The average molecular weight is 615 g/mol. The number of epoxide rings is 1. The van der Waals surface area contributed by atoms with Crippen molar-refractivity contribution in [3.63, 3.8) is 0 Å². The third-order valence-electron chi connectivity index (χ3n) is 9.34. The Morgan fingerprint density at radius 1 is 0.952 bits per heavy atom. The maximum absolute atomic E-state index is 14.8. The number of hydrogen-bond donors (Lipinski definition) is 0. The molecule has 0 N–H and O–H groups in total. The number of fused-ring (bicyclic) bond motifs is 1. The molecule has 232 valence electrons. The van der Waals surface area contributed by atoms with Gasteiger partial charge in [-0.25, -0.2) is 0 Å². The van der Waals surface area contributed by atoms with Crippen LogP contribution >= 0.6 is 0 Å². The molecule has 2 heterocycles. The zero-order valence-electron chi connectivity index (χ0n) is 27.5. The van der Waals surface area contributed by atoms with E-state index >= 15 is 0 Å². The Morgan fingerprint density at radius 2 is 1.55 bits per heavy atom. The summed E-state index contributed by atoms with van der Waals surface area (Å²) in [4.78, 5) is 16.8. The van der Waals surface area contributed by atoms with E-state index in [2.05, 4.69) is 72.9 Å². The van der Waals surface area contributed by atoms with Gasteiger partial charge in [-0.1, -0.05) is 84.0 Å². The van der Waals surface area contributed by atoms with Gasteiger partial charge >= 0.3 is 0 Å². The number of ketones is 1. The largest absolute Gasteiger partial charge is 0.470 e. The number of carbonyl (C=O) groups excluding carboxylic acids is 1. The Balaban J connectivity index is 1.77. The molecule has 0 radical (unpaired) electrons. The molecule has 4 atom stereocenters. The van der Waals surface area contributed by atoms with Crippen LogP contribution in [-0.2, 0) is 26.7 Å². The van der Waals surface area contributed by atoms with Gasteiger partial charge in [-0.2, -0.15) is 0 Å². The van der Waals surface area contributed by atoms with E-state index in [4.69, 9.17) is 22.8 Å². The summed E-state index contributed by atoms with van der Waals surface area (Å²) in [6, 6.07) is 9.80. The molecule has 1 aromatic carbocycles. The van der Waals surface area contributed by atoms with Gasteiger partial charge in [-0.15, -0.1) is 0 Å². The second-order valence-electron chi connectivity index (χ2n) is 15.0. The van der Waals surface area contributed by atoms with Crippen LogP contribution in [0, 0.1) is 0 Å². The van der Waals surface area contributed by atoms with Gasteiger partial charge < -0.3 is 27.7 Å². The molecular weight excluding hydrogens is 565 g/mol. The van der Waals surface area contributed by atoms with Crippen LogP contribution in [0.15, 0.2) is 47.0 Å². The number of rotatable bonds is 11. The Hall–Kier alpha value is -2.09. The summed E-state index contributed by atoms with van der Waals surface area (Å²) >= 11 is 0. The van der Waals surface area contributed by atoms with E-state index in [1.54, 1.807) is 0 Å². The topological polar surface area (TPSA) is 86.6 Å². The molecule has 1 aromatic heterocycles. The molecule has 1 saturated heterocycles. The first-order valence-electron chi connectivity index (χ1n) is 14.9. The Bertz CT molecular complexity index is 1290. The lowest BCUT2D eigenvalue weighted by Crippen LogP contribution is -2.59. The van der Waals surface area contributed by atoms with Crippen molar-refractivity contribution >= 4 is 22.4 Å². The fourth-order valence-corrected chi connectivity index (χ4v) is 7.20. The zero-order valence-corrected chi connectivity index (χ0v) is 29.5. The van der Waals surface area contributed by atoms with Crippen molar-refractivity contribution < 1.29 is 27.6 Å². The lowest BCUT2D eigenvalue weighted by Gasteiger charge is -2.46. The smallest absolute Gasteiger partial charge is 0.265 e. The number of Topliss-reactive ketones (excluding diaryl/α,β-unsaturated/α-hetero) is 1. The number of ether oxygens (including phenoxy) is 2. The SMILES string of the molecule is CN(C)Cc1onc(OCc2ccccc2)c1C(=O)[C@]12O[C@H]1C=C[C@@H](O[Si](C)(C)C(C)(C)C)[C@H]2O[Si](C)(C)C(C)(C)C. The lowest BCUT2D eigenvalue weighted by molar-refractivity contribution is 0.00817. The van der Waals surface area contributed by atoms with Crippen LogP contribution in [-0.4, -0.2) is 70.5 Å². The molecule has 1 aliphatic carbocycles. The van der Waals surface area contributed by atoms with Crippen molar-refractivity contribution in [3.05, 3.63) is 59.4 Å². The molecule has 4 rings (SSSR count). The van der Waals surface area contributed by atoms with E-state index in [0.29, 0.717) is 17.9 Å². The van der Waals surface area contributed by atoms with Crippen LogP contribution in [0.2, 0.25) is 36.3 Å². The quantitative estimate of drug-likeness (QED) is 0.116. The second-order valence-corrected chi connectivity index (χ2v) is 24.5. The molecule has 0 saturated carbocycles. The molecule has 2 aromatic rings. The first-order valence-corrected chi connectivity index (χ1v) is 20.7. The van der Waals surface area contributed by atoms with Crippen LogP contribution in [0.5, 0.6) is 5.88 Å². The van der Waals surface area contributed by atoms with Crippen molar-refractivity contribution in [1.82, 2.24) is 10.1 Å². The molecule has 42 heavy (non-hydrogen) atoms. The standard InChI is InChI=1S/C32H50N2O6Si2/c1-30(2,3)41(9,10)39-23-18-19-25-32(37-25,28(23)40-42(11,12)31(4,5)6)27(35)26-24(20-34(7)8)38-33-29(26)36-21-22-16-14-13-15-17-22/h13-19,23,25,28H,20-21H2,1-12H3/t23-,25+,28-,32-/m1/s1. The molecule has 8 nitrogen and oxygen atoms in total. The van der Waals surface area contributed by atoms with Crippen molar-refractivity contribution in [2.24, 2.45) is 0 Å². The number of hydrogen-bond acceptors (Lipinski definition) is 8. The highest BCUT2D eigenvalue weighted by Crippen LogP contribution is 2.53. The third kappa shape index (κ3) is 6.39. The molecule has 0 amide bonds. The number of benzene rings is 1. The van der Waals surface area contributed by atoms with E-state index < -0.39 is 40.5 Å². The highest BCUT2D eigenvalue weighted by Gasteiger charge is 2.72. The van der Waals surface area contributed by atoms with Gasteiger partial charge in [0.2, 0.25) is 5.78 Å². The summed E-state index contributed by atoms with van der Waals surface area (Å²) in [7, 11) is -0.764. The minimum atomic E-state index is -2.37. The summed E-state index contributed by atoms with van der Waals surface area (Å²) in [6.45, 7) is 22.8. The van der Waals surface area contributed by atoms with E-state index in [0.717, 1.165) is 5.56 Å². The Labute approximate surface area is 254 Å². The van der Waals surface area contributed by atoms with Crippen LogP contribution < -0.4 is 4.74 Å². The van der Waals surface area contributed by atoms with Gasteiger partial charge in [0.05, 0.1) is 12.6 Å². The molecule has 1 fully saturated rings. The highest BCUT2D eigenvalue weighted by atomic mass is 28.4. The molecule has 1 aliphatic heterocycles. The first kappa shape index (κ1) is 32.8. The van der Waals surface area contributed by atoms with Crippen molar-refractivity contribution in [2.75, 3.05) is 14.1 Å². The van der Waals surface area contributed by atoms with Crippen molar-refractivity contribution in [3.8, 4) is 5.88 Å². The average Bonchev–Trinajstić information content (AvgIpc) is 3.50. The number of carbonyl (C=O) groups is 1. The normalized spacial score (nSPS) is 24.5. The molecule has 0 unspecified atom stereocenters. The number of aromatic nitrogens is 1. The lowest BCUT2D eigenvalue weighted by atomic mass is 9.83. The molecular formula is C32H50N2O6Si2. The molecule has 2 aliphatic rings. The molecule has 0 spiro atoms. The summed E-state index contributed by atoms with van der Waals surface area (Å²) in [5, 5.41) is 4.12. The Morgan fingerprint density at radius 3 is 2.12 bits per heavy atom. The van der Waals surface area contributed by atoms with Gasteiger partial charge in [0.1, 0.15) is 24.4 Å². The summed E-state index contributed by atoms with van der Waals surface area (Å²) < 4.78 is 32.4. The molecule has 10 heteroatoms. The zero-order chi connectivity index (χ0) is 31.3. The maximum Gasteiger partial charge on any atom is 0.265 e. The minimum Gasteiger partial charge on any atom is -0.470 e. The summed E-state index contributed by atoms with van der Waals surface area (Å²) in [5.74, 6) is 0.386. The van der Waals surface area contributed by atoms with E-state index in [9.17, 15) is 4.79 Å². The van der Waals surface area contributed by atoms with Crippen LogP contribution in [0.1, 0.15) is 63.2 Å². The molecule has 0 bridgehead atoms. The van der Waals surface area contributed by atoms with E-state index in [-0.39, 0.29) is 28.3 Å². The number of nitrogens with zero attached hydrogens (tertiary/aromatic N) is 2. The van der Waals surface area contributed by atoms with E-state index in [1.165, 1.54) is 0 Å². The highest BCUT2D eigenvalue weighted by molar-refractivity contribution is 6.74. The summed E-state index contributed by atoms with van der Waals surface area (Å²) in [5.41, 5.74) is 0.0241. The Kier molecular flexibility index (Phi) is 8.94. The summed E-state index contributed by atoms with van der Waals surface area (Å²) in [6.07, 6.45) is 2.52. The van der Waals surface area contributed by atoms with Gasteiger partial charge in [0.15, 0.2) is 28.0 Å². The van der Waals surface area contributed by atoms with Crippen LogP contribution in [0.3, 0.4) is 0 Å². The predicted molar refractivity (Wildman–Crippen MR) is 170 cm³/mol.